The average Bonchev–Trinajstić information content (AvgIpc) is 2.86. The molecule has 0 saturated heterocycles. The number of carbonyl (C=O) groups excluding carboxylic acids is 2. The Kier molecular flexibility index (Phi) is 5.13. The highest BCUT2D eigenvalue weighted by molar-refractivity contribution is 7.89. The molecule has 1 amide bonds. The van der Waals surface area contributed by atoms with Gasteiger partial charge in [-0.25, -0.2) is 0 Å². The van der Waals surface area contributed by atoms with E-state index in [2.05, 4.69) is 0 Å². The van der Waals surface area contributed by atoms with Crippen molar-refractivity contribution in [1.29, 1.82) is 0 Å². The van der Waals surface area contributed by atoms with Crippen LogP contribution in [-0.2, 0) is 21.0 Å². The second kappa shape index (κ2) is 6.23. The summed E-state index contributed by atoms with van der Waals surface area (Å²) in [5, 5.41) is 0. The van der Waals surface area contributed by atoms with Crippen LogP contribution < -0.4 is 0 Å². The molecule has 12 heteroatoms. The molecule has 2 rings (SSSR count). The highest BCUT2D eigenvalue weighted by atomic mass is 32.2. The number of carbonyl (C=O) groups is 2. The largest absolute Gasteiger partial charge is 0.593 e. The number of rotatable bonds is 5. The van der Waals surface area contributed by atoms with E-state index in [-0.39, 0.29) is 28.8 Å². The zero-order valence-corrected chi connectivity index (χ0v) is 15.4. The first kappa shape index (κ1) is 22.3. The molecular weight excluding hydrogens is 407 g/mol. The third-order valence-corrected chi connectivity index (χ3v) is 7.64. The molecule has 2 fully saturated rings. The van der Waals surface area contributed by atoms with Gasteiger partial charge in [-0.15, -0.1) is 0 Å². The number of alkyl halides is 7. The smallest absolute Gasteiger partial charge is 0.460 e. The highest BCUT2D eigenvalue weighted by Gasteiger charge is 2.77. The standard InChI is InChI=1S/C15H18F7NO3S/c1-11(2)8-4-5-12(11,9(24)6-8)7-27(26)23(3)10(25)13(16,17)14(18,19)15(20,21)22/h8H,4-7H2,1-3H3. The van der Waals surface area contributed by atoms with Gasteiger partial charge in [-0.3, -0.25) is 9.59 Å². The van der Waals surface area contributed by atoms with Gasteiger partial charge in [0.25, 0.3) is 0 Å². The van der Waals surface area contributed by atoms with Crippen LogP contribution in [0.4, 0.5) is 30.7 Å². The van der Waals surface area contributed by atoms with Gasteiger partial charge in [0.15, 0.2) is 0 Å². The summed E-state index contributed by atoms with van der Waals surface area (Å²) in [7, 11) is 0.453. The predicted octanol–water partition coefficient (Wildman–Crippen LogP) is 3.34. The molecular formula is C15H18F7NO3S. The van der Waals surface area contributed by atoms with E-state index in [0.717, 1.165) is 0 Å². The molecule has 27 heavy (non-hydrogen) atoms. The molecule has 0 aliphatic heterocycles. The number of halogens is 7. The molecule has 0 N–H and O–H groups in total. The van der Waals surface area contributed by atoms with Crippen LogP contribution >= 0.6 is 0 Å². The maximum Gasteiger partial charge on any atom is 0.460 e. The molecule has 0 aromatic heterocycles. The second-order valence-corrected chi connectivity index (χ2v) is 9.06. The lowest BCUT2D eigenvalue weighted by atomic mass is 9.70. The van der Waals surface area contributed by atoms with Gasteiger partial charge in [0.05, 0.1) is 23.8 Å². The minimum Gasteiger partial charge on any atom is -0.593 e. The van der Waals surface area contributed by atoms with Crippen LogP contribution in [0.2, 0.25) is 0 Å². The van der Waals surface area contributed by atoms with E-state index in [1.165, 1.54) is 0 Å². The quantitative estimate of drug-likeness (QED) is 0.502. The molecule has 0 aromatic rings. The summed E-state index contributed by atoms with van der Waals surface area (Å²) in [6.45, 7) is 3.45. The molecule has 2 aliphatic carbocycles. The topological polar surface area (TPSA) is 60.4 Å². The van der Waals surface area contributed by atoms with Crippen LogP contribution in [0.15, 0.2) is 0 Å². The zero-order valence-electron chi connectivity index (χ0n) is 14.6. The lowest BCUT2D eigenvalue weighted by Gasteiger charge is -2.37. The summed E-state index contributed by atoms with van der Waals surface area (Å²) >= 11 is -2.69. The Hall–Kier alpha value is -1.04. The Balaban J connectivity index is 2.24. The lowest BCUT2D eigenvalue weighted by Crippen LogP contribution is -2.61. The monoisotopic (exact) mass is 425 g/mol. The van der Waals surface area contributed by atoms with Gasteiger partial charge in [0.2, 0.25) is 0 Å². The Morgan fingerprint density at radius 1 is 1.22 bits per heavy atom. The van der Waals surface area contributed by atoms with E-state index in [1.54, 1.807) is 13.8 Å². The van der Waals surface area contributed by atoms with Crippen molar-refractivity contribution in [2.24, 2.45) is 16.7 Å². The van der Waals surface area contributed by atoms with Gasteiger partial charge in [-0.05, 0) is 24.2 Å². The third-order valence-electron chi connectivity index (χ3n) is 6.12. The first-order valence-corrected chi connectivity index (χ1v) is 9.23. The summed E-state index contributed by atoms with van der Waals surface area (Å²) in [4.78, 5) is 24.0. The number of amides is 1. The van der Waals surface area contributed by atoms with Crippen LogP contribution in [0.5, 0.6) is 0 Å². The molecule has 0 radical (unpaired) electrons. The van der Waals surface area contributed by atoms with Crippen molar-refractivity contribution in [2.45, 2.75) is 51.1 Å². The maximum atomic E-state index is 13.6. The number of hydrogen-bond donors (Lipinski definition) is 0. The molecule has 156 valence electrons. The summed E-state index contributed by atoms with van der Waals surface area (Å²) in [5.74, 6) is -16.6. The SMILES string of the molecule is CN(C(=O)C(F)(F)C(F)(F)C(F)(F)F)[S+]([O-])CC12CCC(CC1=O)C2(C)C. The van der Waals surface area contributed by atoms with Crippen LogP contribution in [0.1, 0.15) is 33.1 Å². The average molecular weight is 425 g/mol. The van der Waals surface area contributed by atoms with Gasteiger partial charge >= 0.3 is 23.9 Å². The molecule has 0 heterocycles. The Bertz CT molecular complexity index is 652. The number of ketones is 1. The van der Waals surface area contributed by atoms with E-state index < -0.39 is 51.9 Å². The predicted molar refractivity (Wildman–Crippen MR) is 80.3 cm³/mol. The number of fused-ring (bicyclic) bond motifs is 2. The van der Waals surface area contributed by atoms with E-state index in [1.807, 2.05) is 0 Å². The van der Waals surface area contributed by atoms with Gasteiger partial charge in [0, 0.05) is 6.42 Å². The van der Waals surface area contributed by atoms with Crippen molar-refractivity contribution in [3.63, 3.8) is 0 Å². The van der Waals surface area contributed by atoms with E-state index in [4.69, 9.17) is 0 Å². The van der Waals surface area contributed by atoms with Gasteiger partial charge < -0.3 is 4.55 Å². The second-order valence-electron chi connectivity index (χ2n) is 7.58. The van der Waals surface area contributed by atoms with Crippen molar-refractivity contribution in [2.75, 3.05) is 12.8 Å². The highest BCUT2D eigenvalue weighted by Crippen LogP contribution is 2.64. The van der Waals surface area contributed by atoms with Gasteiger partial charge in [0.1, 0.15) is 11.5 Å². The number of Topliss-reactive ketones (excluding diaryl/α,β-unsaturated/α-hetero) is 1. The Morgan fingerprint density at radius 3 is 2.11 bits per heavy atom. The fraction of sp³-hybridized carbons (Fsp3) is 0.867. The summed E-state index contributed by atoms with van der Waals surface area (Å²) in [5.41, 5.74) is -1.85. The normalized spacial score (nSPS) is 29.1. The third kappa shape index (κ3) is 2.93. The van der Waals surface area contributed by atoms with Crippen LogP contribution in [-0.4, -0.2) is 51.4 Å². The summed E-state index contributed by atoms with van der Waals surface area (Å²) in [6.07, 6.45) is -5.60. The molecule has 0 spiro atoms. The van der Waals surface area contributed by atoms with Crippen molar-refractivity contribution >= 4 is 23.1 Å². The molecule has 2 aliphatic rings. The van der Waals surface area contributed by atoms with Crippen LogP contribution in [0, 0.1) is 16.7 Å². The molecule has 2 saturated carbocycles. The van der Waals surface area contributed by atoms with Crippen LogP contribution in [0.3, 0.4) is 0 Å². The van der Waals surface area contributed by atoms with Gasteiger partial charge in [-0.2, -0.15) is 35.0 Å². The molecule has 2 bridgehead atoms. The first-order chi connectivity index (χ1) is 11.9. The van der Waals surface area contributed by atoms with Crippen molar-refractivity contribution in [1.82, 2.24) is 4.31 Å². The molecule has 0 aromatic carbocycles. The molecule has 3 atom stereocenters. The van der Waals surface area contributed by atoms with E-state index >= 15 is 0 Å². The molecule has 4 nitrogen and oxygen atoms in total. The summed E-state index contributed by atoms with van der Waals surface area (Å²) < 4.78 is 102. The lowest BCUT2D eigenvalue weighted by molar-refractivity contribution is -0.345. The van der Waals surface area contributed by atoms with E-state index in [0.29, 0.717) is 13.5 Å². The Labute approximate surface area is 153 Å². The van der Waals surface area contributed by atoms with Crippen molar-refractivity contribution < 1.29 is 44.9 Å². The Morgan fingerprint density at radius 2 is 1.74 bits per heavy atom. The van der Waals surface area contributed by atoms with Crippen molar-refractivity contribution in [3.8, 4) is 0 Å². The van der Waals surface area contributed by atoms with Crippen molar-refractivity contribution in [3.05, 3.63) is 0 Å². The first-order valence-electron chi connectivity index (χ1n) is 7.96. The van der Waals surface area contributed by atoms with Gasteiger partial charge in [-0.1, -0.05) is 13.8 Å². The fourth-order valence-corrected chi connectivity index (χ4v) is 5.61. The maximum absolute atomic E-state index is 13.6. The van der Waals surface area contributed by atoms with E-state index in [9.17, 15) is 44.9 Å². The van der Waals surface area contributed by atoms with Crippen LogP contribution in [0.25, 0.3) is 0 Å². The zero-order chi connectivity index (χ0) is 21.2. The fourth-order valence-electron chi connectivity index (χ4n) is 4.02. The minimum atomic E-state index is -6.67. The minimum absolute atomic E-state index is 0.0287. The summed E-state index contributed by atoms with van der Waals surface area (Å²) in [6, 6.07) is 0. The molecule has 3 unspecified atom stereocenters. The number of hydrogen-bond acceptors (Lipinski definition) is 3. The number of nitrogens with zero attached hydrogens (tertiary/aromatic N) is 1.